The summed E-state index contributed by atoms with van der Waals surface area (Å²) in [4.78, 5) is 11.7. The Morgan fingerprint density at radius 2 is 2.00 bits per heavy atom. The van der Waals surface area contributed by atoms with Crippen LogP contribution in [0.25, 0.3) is 0 Å². The van der Waals surface area contributed by atoms with E-state index < -0.39 is 15.3 Å². The number of nitrogens with zero attached hydrogens (tertiary/aromatic N) is 1. The average molecular weight is 301 g/mol. The Morgan fingerprint density at radius 3 is 2.65 bits per heavy atom. The highest BCUT2D eigenvalue weighted by Gasteiger charge is 2.27. The molecule has 0 unspecified atom stereocenters. The molecule has 2 N–H and O–H groups in total. The molecule has 0 radical (unpaired) electrons. The summed E-state index contributed by atoms with van der Waals surface area (Å²) in [6, 6.07) is 0. The van der Waals surface area contributed by atoms with Crippen LogP contribution in [0.15, 0.2) is 4.79 Å². The van der Waals surface area contributed by atoms with Crippen molar-refractivity contribution < 1.29 is 13.2 Å². The van der Waals surface area contributed by atoms with Crippen LogP contribution in [0.4, 0.5) is 0 Å². The van der Waals surface area contributed by atoms with Crippen molar-refractivity contribution >= 4 is 10.0 Å². The molecule has 20 heavy (non-hydrogen) atoms. The Morgan fingerprint density at radius 1 is 1.35 bits per heavy atom. The molecule has 0 spiro atoms. The summed E-state index contributed by atoms with van der Waals surface area (Å²) in [7, 11) is -3.43. The van der Waals surface area contributed by atoms with Crippen molar-refractivity contribution in [3.63, 3.8) is 0 Å². The first-order chi connectivity index (χ1) is 9.42. The molecule has 1 aromatic heterocycles. The van der Waals surface area contributed by atoms with Crippen LogP contribution in [0.1, 0.15) is 29.7 Å². The number of H-pyrrole nitrogens is 1. The van der Waals surface area contributed by atoms with Crippen molar-refractivity contribution in [1.29, 1.82) is 0 Å². The number of aromatic amines is 1. The zero-order chi connectivity index (χ0) is 14.8. The van der Waals surface area contributed by atoms with Gasteiger partial charge in [-0.3, -0.25) is 4.79 Å². The molecule has 2 heterocycles. The SMILES string of the molecule is Cc1n[nH]c(=O)c(CNS(=O)(=O)C2CCOCC2)c1C. The fourth-order valence-corrected chi connectivity index (χ4v) is 3.56. The van der Waals surface area contributed by atoms with Crippen LogP contribution in [-0.4, -0.2) is 37.1 Å². The number of aryl methyl sites for hydroxylation is 1. The quantitative estimate of drug-likeness (QED) is 0.814. The molecule has 112 valence electrons. The zero-order valence-electron chi connectivity index (χ0n) is 11.6. The fourth-order valence-electron chi connectivity index (χ4n) is 2.16. The van der Waals surface area contributed by atoms with Crippen molar-refractivity contribution in [3.05, 3.63) is 27.2 Å². The van der Waals surface area contributed by atoms with Crippen LogP contribution in [0.2, 0.25) is 0 Å². The van der Waals surface area contributed by atoms with E-state index in [1.54, 1.807) is 13.8 Å². The van der Waals surface area contributed by atoms with Crippen molar-refractivity contribution in [1.82, 2.24) is 14.9 Å². The second-order valence-electron chi connectivity index (χ2n) is 4.92. The second kappa shape index (κ2) is 6.02. The molecule has 0 aromatic carbocycles. The van der Waals surface area contributed by atoms with Crippen LogP contribution in [0, 0.1) is 13.8 Å². The summed E-state index contributed by atoms with van der Waals surface area (Å²) >= 11 is 0. The van der Waals surface area contributed by atoms with Crippen LogP contribution in [0.3, 0.4) is 0 Å². The summed E-state index contributed by atoms with van der Waals surface area (Å²) < 4.78 is 32.0. The highest BCUT2D eigenvalue weighted by molar-refractivity contribution is 7.90. The lowest BCUT2D eigenvalue weighted by molar-refractivity contribution is 0.0981. The molecular weight excluding hydrogens is 282 g/mol. The van der Waals surface area contributed by atoms with Crippen LogP contribution in [-0.2, 0) is 21.3 Å². The molecule has 0 atom stereocenters. The Kier molecular flexibility index (Phi) is 4.56. The van der Waals surface area contributed by atoms with Gasteiger partial charge in [-0.15, -0.1) is 0 Å². The number of nitrogens with one attached hydrogen (secondary N) is 2. The smallest absolute Gasteiger partial charge is 0.268 e. The molecule has 0 bridgehead atoms. The Hall–Kier alpha value is -1.25. The first-order valence-corrected chi connectivity index (χ1v) is 8.07. The summed E-state index contributed by atoms with van der Waals surface area (Å²) in [5.41, 5.74) is 1.45. The molecule has 0 amide bonds. The van der Waals surface area contributed by atoms with Crippen molar-refractivity contribution in [2.45, 2.75) is 38.5 Å². The van der Waals surface area contributed by atoms with E-state index in [1.807, 2.05) is 0 Å². The lowest BCUT2D eigenvalue weighted by atomic mass is 10.1. The molecule has 1 aliphatic heterocycles. The molecule has 1 aliphatic rings. The number of rotatable bonds is 4. The number of sulfonamides is 1. The Bertz CT molecular complexity index is 633. The first-order valence-electron chi connectivity index (χ1n) is 6.53. The second-order valence-corrected chi connectivity index (χ2v) is 6.96. The third-order valence-electron chi connectivity index (χ3n) is 3.65. The largest absolute Gasteiger partial charge is 0.381 e. The van der Waals surface area contributed by atoms with Crippen LogP contribution < -0.4 is 10.3 Å². The van der Waals surface area contributed by atoms with E-state index in [4.69, 9.17) is 4.74 Å². The van der Waals surface area contributed by atoms with E-state index in [-0.39, 0.29) is 12.1 Å². The minimum atomic E-state index is -3.43. The molecule has 0 aliphatic carbocycles. The van der Waals surface area contributed by atoms with Crippen LogP contribution in [0.5, 0.6) is 0 Å². The van der Waals surface area contributed by atoms with Gasteiger partial charge in [-0.05, 0) is 32.3 Å². The van der Waals surface area contributed by atoms with Gasteiger partial charge in [0.25, 0.3) is 5.56 Å². The van der Waals surface area contributed by atoms with E-state index in [2.05, 4.69) is 14.9 Å². The van der Waals surface area contributed by atoms with Gasteiger partial charge in [0, 0.05) is 25.3 Å². The monoisotopic (exact) mass is 301 g/mol. The normalized spacial score (nSPS) is 17.3. The van der Waals surface area contributed by atoms with Gasteiger partial charge in [0.2, 0.25) is 10.0 Å². The molecular formula is C12H19N3O4S. The Labute approximate surface area is 117 Å². The van der Waals surface area contributed by atoms with Gasteiger partial charge in [0.15, 0.2) is 0 Å². The van der Waals surface area contributed by atoms with E-state index in [9.17, 15) is 13.2 Å². The number of hydrogen-bond donors (Lipinski definition) is 2. The minimum Gasteiger partial charge on any atom is -0.381 e. The van der Waals surface area contributed by atoms with Crippen molar-refractivity contribution in [3.8, 4) is 0 Å². The average Bonchev–Trinajstić information content (AvgIpc) is 2.44. The lowest BCUT2D eigenvalue weighted by Crippen LogP contribution is -2.38. The van der Waals surface area contributed by atoms with Gasteiger partial charge in [0.1, 0.15) is 0 Å². The maximum atomic E-state index is 12.2. The summed E-state index contributed by atoms with van der Waals surface area (Å²) in [5.74, 6) is 0. The van der Waals surface area contributed by atoms with Gasteiger partial charge in [0.05, 0.1) is 10.9 Å². The van der Waals surface area contributed by atoms with Crippen molar-refractivity contribution in [2.75, 3.05) is 13.2 Å². The minimum absolute atomic E-state index is 0.00971. The number of aromatic nitrogens is 2. The first kappa shape index (κ1) is 15.1. The highest BCUT2D eigenvalue weighted by Crippen LogP contribution is 2.15. The third kappa shape index (κ3) is 3.25. The van der Waals surface area contributed by atoms with Gasteiger partial charge >= 0.3 is 0 Å². The third-order valence-corrected chi connectivity index (χ3v) is 5.55. The van der Waals surface area contributed by atoms with E-state index in [1.165, 1.54) is 0 Å². The van der Waals surface area contributed by atoms with Gasteiger partial charge in [-0.25, -0.2) is 18.2 Å². The van der Waals surface area contributed by atoms with E-state index >= 15 is 0 Å². The molecule has 0 saturated carbocycles. The predicted molar refractivity (Wildman–Crippen MR) is 73.9 cm³/mol. The van der Waals surface area contributed by atoms with Gasteiger partial charge < -0.3 is 4.74 Å². The molecule has 2 rings (SSSR count). The number of ether oxygens (including phenoxy) is 1. The predicted octanol–water partition coefficient (Wildman–Crippen LogP) is -0.0149. The zero-order valence-corrected chi connectivity index (χ0v) is 12.4. The summed E-state index contributed by atoms with van der Waals surface area (Å²) in [5, 5.41) is 5.76. The summed E-state index contributed by atoms with van der Waals surface area (Å²) in [6.07, 6.45) is 0.972. The maximum Gasteiger partial charge on any atom is 0.268 e. The standard InChI is InChI=1S/C12H19N3O4S/c1-8-9(2)14-15-12(16)11(8)7-13-20(17,18)10-3-5-19-6-4-10/h10,13H,3-7H2,1-2H3,(H,15,16). The molecule has 1 aromatic rings. The summed E-state index contributed by atoms with van der Waals surface area (Å²) in [6.45, 7) is 4.43. The molecule has 1 saturated heterocycles. The van der Waals surface area contributed by atoms with E-state index in [0.29, 0.717) is 42.9 Å². The molecule has 8 heteroatoms. The number of hydrogen-bond acceptors (Lipinski definition) is 5. The van der Waals surface area contributed by atoms with Gasteiger partial charge in [-0.1, -0.05) is 0 Å². The maximum absolute atomic E-state index is 12.2. The molecule has 7 nitrogen and oxygen atoms in total. The van der Waals surface area contributed by atoms with Crippen LogP contribution >= 0.6 is 0 Å². The highest BCUT2D eigenvalue weighted by atomic mass is 32.2. The molecule has 1 fully saturated rings. The lowest BCUT2D eigenvalue weighted by Gasteiger charge is -2.22. The fraction of sp³-hybridized carbons (Fsp3) is 0.667. The van der Waals surface area contributed by atoms with Crippen molar-refractivity contribution in [2.24, 2.45) is 0 Å². The van der Waals surface area contributed by atoms with E-state index in [0.717, 1.165) is 0 Å². The topological polar surface area (TPSA) is 101 Å². The van der Waals surface area contributed by atoms with Gasteiger partial charge in [-0.2, -0.15) is 5.10 Å². The Balaban J connectivity index is 2.12.